The van der Waals surface area contributed by atoms with Crippen molar-refractivity contribution in [2.75, 3.05) is 24.3 Å². The monoisotopic (exact) mass is 323 g/mol. The smallest absolute Gasteiger partial charge is 0.174 e. The Hall–Kier alpha value is -2.96. The lowest BCUT2D eigenvalue weighted by atomic mass is 10.2. The van der Waals surface area contributed by atoms with Gasteiger partial charge in [0.15, 0.2) is 5.82 Å². The standard InChI is InChI=1S/C17H21N7/c1-12-8-13(2)24(22-12)16-11-18-10-15(21-16)20-9-14-6-5-7-19-17(14)23(3)4/h5-8,10-11H,9H2,1-4H3,(H,20,21). The molecule has 0 saturated heterocycles. The van der Waals surface area contributed by atoms with Gasteiger partial charge in [0.25, 0.3) is 0 Å². The Morgan fingerprint density at radius 1 is 1.21 bits per heavy atom. The fourth-order valence-corrected chi connectivity index (χ4v) is 2.56. The maximum atomic E-state index is 4.60. The summed E-state index contributed by atoms with van der Waals surface area (Å²) in [5.41, 5.74) is 3.08. The summed E-state index contributed by atoms with van der Waals surface area (Å²) in [5, 5.41) is 7.76. The molecular formula is C17H21N7. The fraction of sp³-hybridized carbons (Fsp3) is 0.294. The van der Waals surface area contributed by atoms with E-state index in [9.17, 15) is 0 Å². The lowest BCUT2D eigenvalue weighted by molar-refractivity contribution is 0.799. The van der Waals surface area contributed by atoms with Crippen molar-refractivity contribution in [2.45, 2.75) is 20.4 Å². The van der Waals surface area contributed by atoms with E-state index in [0.29, 0.717) is 18.2 Å². The van der Waals surface area contributed by atoms with Crippen molar-refractivity contribution in [1.29, 1.82) is 0 Å². The van der Waals surface area contributed by atoms with Gasteiger partial charge in [-0.25, -0.2) is 14.6 Å². The Kier molecular flexibility index (Phi) is 4.41. The summed E-state index contributed by atoms with van der Waals surface area (Å²) < 4.78 is 1.79. The number of hydrogen-bond donors (Lipinski definition) is 1. The van der Waals surface area contributed by atoms with Crippen LogP contribution in [0.2, 0.25) is 0 Å². The van der Waals surface area contributed by atoms with E-state index >= 15 is 0 Å². The lowest BCUT2D eigenvalue weighted by Gasteiger charge is -2.16. The van der Waals surface area contributed by atoms with E-state index < -0.39 is 0 Å². The molecule has 3 aromatic rings. The van der Waals surface area contributed by atoms with Crippen molar-refractivity contribution < 1.29 is 0 Å². The first-order valence-electron chi connectivity index (χ1n) is 7.75. The van der Waals surface area contributed by atoms with Crippen molar-refractivity contribution in [2.24, 2.45) is 0 Å². The second-order valence-electron chi connectivity index (χ2n) is 5.84. The van der Waals surface area contributed by atoms with Crippen LogP contribution in [0.4, 0.5) is 11.6 Å². The Bertz CT molecular complexity index is 838. The molecule has 0 spiro atoms. The molecule has 3 heterocycles. The van der Waals surface area contributed by atoms with E-state index in [4.69, 9.17) is 0 Å². The van der Waals surface area contributed by atoms with Crippen molar-refractivity contribution in [3.8, 4) is 5.82 Å². The Labute approximate surface area is 141 Å². The molecule has 0 saturated carbocycles. The van der Waals surface area contributed by atoms with Gasteiger partial charge in [0.2, 0.25) is 0 Å². The zero-order valence-electron chi connectivity index (χ0n) is 14.4. The highest BCUT2D eigenvalue weighted by molar-refractivity contribution is 5.47. The summed E-state index contributed by atoms with van der Waals surface area (Å²) >= 11 is 0. The first-order chi connectivity index (χ1) is 11.5. The molecule has 0 aliphatic rings. The van der Waals surface area contributed by atoms with Crippen LogP contribution in [0.25, 0.3) is 5.82 Å². The van der Waals surface area contributed by atoms with Crippen molar-refractivity contribution in [1.82, 2.24) is 24.7 Å². The van der Waals surface area contributed by atoms with Crippen LogP contribution in [-0.2, 0) is 6.54 Å². The summed E-state index contributed by atoms with van der Waals surface area (Å²) in [6.45, 7) is 4.58. The molecule has 0 unspecified atom stereocenters. The highest BCUT2D eigenvalue weighted by Crippen LogP contribution is 2.16. The fourth-order valence-electron chi connectivity index (χ4n) is 2.56. The number of hydrogen-bond acceptors (Lipinski definition) is 6. The minimum atomic E-state index is 0.622. The van der Waals surface area contributed by atoms with E-state index in [0.717, 1.165) is 22.8 Å². The number of aryl methyl sites for hydroxylation is 2. The molecule has 0 aliphatic carbocycles. The van der Waals surface area contributed by atoms with Gasteiger partial charge in [0.05, 0.1) is 18.1 Å². The Balaban J connectivity index is 1.80. The quantitative estimate of drug-likeness (QED) is 0.777. The van der Waals surface area contributed by atoms with Crippen molar-refractivity contribution in [3.05, 3.63) is 53.7 Å². The molecule has 124 valence electrons. The normalized spacial score (nSPS) is 10.7. The summed E-state index contributed by atoms with van der Waals surface area (Å²) in [5.74, 6) is 2.34. The van der Waals surface area contributed by atoms with Crippen LogP contribution in [0.5, 0.6) is 0 Å². The van der Waals surface area contributed by atoms with Crippen LogP contribution >= 0.6 is 0 Å². The third-order valence-corrected chi connectivity index (χ3v) is 3.60. The van der Waals surface area contributed by atoms with Gasteiger partial charge in [-0.15, -0.1) is 0 Å². The number of pyridine rings is 1. The molecule has 3 rings (SSSR count). The first-order valence-corrected chi connectivity index (χ1v) is 7.75. The third kappa shape index (κ3) is 3.34. The average molecular weight is 323 g/mol. The van der Waals surface area contributed by atoms with Gasteiger partial charge in [-0.3, -0.25) is 4.98 Å². The largest absolute Gasteiger partial charge is 0.364 e. The maximum Gasteiger partial charge on any atom is 0.174 e. The third-order valence-electron chi connectivity index (χ3n) is 3.60. The van der Waals surface area contributed by atoms with Crippen LogP contribution in [0.15, 0.2) is 36.8 Å². The van der Waals surface area contributed by atoms with Gasteiger partial charge < -0.3 is 10.2 Å². The predicted octanol–water partition coefficient (Wildman–Crippen LogP) is 2.35. The highest BCUT2D eigenvalue weighted by Gasteiger charge is 2.08. The Morgan fingerprint density at radius 2 is 2.04 bits per heavy atom. The van der Waals surface area contributed by atoms with E-state index in [-0.39, 0.29) is 0 Å². The minimum absolute atomic E-state index is 0.622. The predicted molar refractivity (Wildman–Crippen MR) is 94.5 cm³/mol. The maximum absolute atomic E-state index is 4.60. The summed E-state index contributed by atoms with van der Waals surface area (Å²) in [4.78, 5) is 15.3. The SMILES string of the molecule is Cc1cc(C)n(-c2cncc(NCc3cccnc3N(C)C)n2)n1. The molecule has 24 heavy (non-hydrogen) atoms. The molecule has 0 bridgehead atoms. The molecule has 0 amide bonds. The van der Waals surface area contributed by atoms with Crippen LogP contribution in [0.1, 0.15) is 17.0 Å². The van der Waals surface area contributed by atoms with Crippen LogP contribution < -0.4 is 10.2 Å². The molecule has 7 heteroatoms. The van der Waals surface area contributed by atoms with Gasteiger partial charge in [-0.05, 0) is 26.0 Å². The van der Waals surface area contributed by atoms with E-state index in [2.05, 4.69) is 25.4 Å². The summed E-state index contributed by atoms with van der Waals surface area (Å²) in [6.07, 6.45) is 5.21. The molecule has 0 fully saturated rings. The van der Waals surface area contributed by atoms with Crippen LogP contribution in [0, 0.1) is 13.8 Å². The topological polar surface area (TPSA) is 71.8 Å². The zero-order chi connectivity index (χ0) is 17.1. The molecule has 7 nitrogen and oxygen atoms in total. The van der Waals surface area contributed by atoms with Crippen molar-refractivity contribution in [3.63, 3.8) is 0 Å². The number of nitrogens with zero attached hydrogens (tertiary/aromatic N) is 6. The van der Waals surface area contributed by atoms with Gasteiger partial charge in [0.1, 0.15) is 11.6 Å². The van der Waals surface area contributed by atoms with E-state index in [1.165, 1.54) is 0 Å². The molecule has 0 radical (unpaired) electrons. The summed E-state index contributed by atoms with van der Waals surface area (Å²) in [7, 11) is 3.96. The van der Waals surface area contributed by atoms with Crippen LogP contribution in [0.3, 0.4) is 0 Å². The lowest BCUT2D eigenvalue weighted by Crippen LogP contribution is -2.15. The summed E-state index contributed by atoms with van der Waals surface area (Å²) in [6, 6.07) is 6.00. The van der Waals surface area contributed by atoms with E-state index in [1.54, 1.807) is 23.3 Å². The zero-order valence-corrected chi connectivity index (χ0v) is 14.4. The van der Waals surface area contributed by atoms with Crippen LogP contribution in [-0.4, -0.2) is 38.8 Å². The van der Waals surface area contributed by atoms with Gasteiger partial charge in [-0.2, -0.15) is 5.10 Å². The second kappa shape index (κ2) is 6.66. The highest BCUT2D eigenvalue weighted by atomic mass is 15.3. The average Bonchev–Trinajstić information content (AvgIpc) is 2.92. The molecule has 0 atom stereocenters. The van der Waals surface area contributed by atoms with Gasteiger partial charge in [-0.1, -0.05) is 6.07 Å². The first kappa shape index (κ1) is 15.9. The number of nitrogens with one attached hydrogen (secondary N) is 1. The molecule has 0 aromatic carbocycles. The molecular weight excluding hydrogens is 302 g/mol. The molecule has 3 aromatic heterocycles. The number of anilines is 2. The minimum Gasteiger partial charge on any atom is -0.364 e. The molecule has 0 aliphatic heterocycles. The van der Waals surface area contributed by atoms with Gasteiger partial charge in [0, 0.05) is 38.1 Å². The van der Waals surface area contributed by atoms with Crippen molar-refractivity contribution >= 4 is 11.6 Å². The van der Waals surface area contributed by atoms with Gasteiger partial charge >= 0.3 is 0 Å². The Morgan fingerprint density at radius 3 is 2.75 bits per heavy atom. The number of aromatic nitrogens is 5. The second-order valence-corrected chi connectivity index (χ2v) is 5.84. The number of rotatable bonds is 5. The van der Waals surface area contributed by atoms with E-state index in [1.807, 2.05) is 51.0 Å². The molecule has 1 N–H and O–H groups in total.